The summed E-state index contributed by atoms with van der Waals surface area (Å²) < 4.78 is 29.6. The molecule has 1 fully saturated rings. The molecule has 1 aliphatic rings. The summed E-state index contributed by atoms with van der Waals surface area (Å²) in [6.07, 6.45) is 3.79. The zero-order valence-electron chi connectivity index (χ0n) is 21.4. The van der Waals surface area contributed by atoms with Crippen LogP contribution < -0.4 is 15.8 Å². The smallest absolute Gasteiger partial charge is 0.241 e. The molecule has 206 valence electrons. The molecule has 4 aromatic rings. The Balaban J connectivity index is 0.00000353. The number of benzene rings is 3. The summed E-state index contributed by atoms with van der Waals surface area (Å²) in [5, 5.41) is 13.4. The molecule has 1 aromatic heterocycles. The van der Waals surface area contributed by atoms with Gasteiger partial charge in [0.25, 0.3) is 0 Å². The van der Waals surface area contributed by atoms with Gasteiger partial charge in [-0.3, -0.25) is 10.2 Å². The molecule has 2 heterocycles. The number of guanidine groups is 1. The van der Waals surface area contributed by atoms with E-state index in [-0.39, 0.29) is 41.5 Å². The van der Waals surface area contributed by atoms with Crippen LogP contribution in [0.2, 0.25) is 0 Å². The number of H-pyrrole nitrogens is 1. The summed E-state index contributed by atoms with van der Waals surface area (Å²) >= 11 is 0. The normalized spacial score (nSPS) is 16.5. The first-order valence-electron chi connectivity index (χ1n) is 12.7. The van der Waals surface area contributed by atoms with E-state index in [4.69, 9.17) is 11.1 Å². The third-order valence-corrected chi connectivity index (χ3v) is 8.64. The number of nitrogens with zero attached hydrogens (tertiary/aromatic N) is 1. The molecular formula is C28H33ClN6O3S. The zero-order valence-corrected chi connectivity index (χ0v) is 23.0. The van der Waals surface area contributed by atoms with Crippen LogP contribution in [0.15, 0.2) is 77.8 Å². The van der Waals surface area contributed by atoms with Crippen molar-refractivity contribution in [2.24, 2.45) is 11.7 Å². The average molecular weight is 569 g/mol. The quantitative estimate of drug-likeness (QED) is 0.163. The van der Waals surface area contributed by atoms with Gasteiger partial charge in [0, 0.05) is 36.7 Å². The van der Waals surface area contributed by atoms with Crippen molar-refractivity contribution >= 4 is 56.0 Å². The fraction of sp³-hybridized carbons (Fsp3) is 0.286. The maximum Gasteiger partial charge on any atom is 0.241 e. The molecule has 11 heteroatoms. The summed E-state index contributed by atoms with van der Waals surface area (Å²) in [5.41, 5.74) is 7.43. The fourth-order valence-corrected chi connectivity index (χ4v) is 6.35. The van der Waals surface area contributed by atoms with Crippen molar-refractivity contribution in [1.82, 2.24) is 19.9 Å². The van der Waals surface area contributed by atoms with Gasteiger partial charge in [0.1, 0.15) is 6.04 Å². The Morgan fingerprint density at radius 3 is 2.64 bits per heavy atom. The second kappa shape index (κ2) is 12.1. The van der Waals surface area contributed by atoms with Crippen molar-refractivity contribution in [1.29, 1.82) is 5.41 Å². The van der Waals surface area contributed by atoms with Crippen LogP contribution in [0.25, 0.3) is 21.7 Å². The van der Waals surface area contributed by atoms with Gasteiger partial charge in [-0.05, 0) is 59.7 Å². The van der Waals surface area contributed by atoms with Crippen LogP contribution in [0, 0.1) is 11.3 Å². The van der Waals surface area contributed by atoms with Crippen LogP contribution in [0.4, 0.5) is 0 Å². The van der Waals surface area contributed by atoms with Crippen LogP contribution >= 0.6 is 12.4 Å². The highest BCUT2D eigenvalue weighted by Crippen LogP contribution is 2.22. The van der Waals surface area contributed by atoms with Crippen molar-refractivity contribution in [3.63, 3.8) is 0 Å². The number of hydrogen-bond donors (Lipinski definition) is 5. The van der Waals surface area contributed by atoms with E-state index in [0.29, 0.717) is 13.1 Å². The molecule has 0 saturated carbocycles. The third-order valence-electron chi connectivity index (χ3n) is 7.17. The number of fused-ring (bicyclic) bond motifs is 2. The minimum atomic E-state index is -3.99. The van der Waals surface area contributed by atoms with Crippen molar-refractivity contribution in [3.05, 3.63) is 78.5 Å². The van der Waals surface area contributed by atoms with Gasteiger partial charge in [0.05, 0.1) is 4.90 Å². The lowest BCUT2D eigenvalue weighted by molar-refractivity contribution is -0.122. The van der Waals surface area contributed by atoms with E-state index in [1.54, 1.807) is 23.1 Å². The Kier molecular flexibility index (Phi) is 8.79. The Morgan fingerprint density at radius 1 is 1.10 bits per heavy atom. The van der Waals surface area contributed by atoms with E-state index >= 15 is 0 Å². The molecular weight excluding hydrogens is 536 g/mol. The number of halogens is 1. The topological polar surface area (TPSA) is 144 Å². The number of amides is 1. The van der Waals surface area contributed by atoms with Crippen molar-refractivity contribution < 1.29 is 13.2 Å². The number of nitrogens with one attached hydrogen (secondary N) is 4. The van der Waals surface area contributed by atoms with Gasteiger partial charge in [0.15, 0.2) is 5.96 Å². The first-order valence-corrected chi connectivity index (χ1v) is 14.2. The maximum atomic E-state index is 13.5. The zero-order chi connectivity index (χ0) is 26.7. The SMILES string of the molecule is Cl.N=C(N)N1CCC[C@H](CNC(=O)[C@@H](Cc2c[nH]c3ccccc23)NS(=O)(=O)c2ccc3ccccc3c2)C1. The highest BCUT2D eigenvalue weighted by atomic mass is 35.5. The first-order chi connectivity index (χ1) is 18.3. The first kappa shape index (κ1) is 28.4. The predicted octanol–water partition coefficient (Wildman–Crippen LogP) is 3.35. The summed E-state index contributed by atoms with van der Waals surface area (Å²) in [4.78, 5) is 18.6. The number of aromatic amines is 1. The van der Waals surface area contributed by atoms with E-state index in [9.17, 15) is 13.2 Å². The number of sulfonamides is 1. The molecule has 0 spiro atoms. The van der Waals surface area contributed by atoms with Gasteiger partial charge in [0.2, 0.25) is 15.9 Å². The van der Waals surface area contributed by atoms with Crippen molar-refractivity contribution in [2.75, 3.05) is 19.6 Å². The number of rotatable bonds is 8. The average Bonchev–Trinajstić information content (AvgIpc) is 3.34. The molecule has 1 amide bonds. The van der Waals surface area contributed by atoms with Gasteiger partial charge in [-0.1, -0.05) is 48.5 Å². The number of nitrogens with two attached hydrogens (primary N) is 1. The highest BCUT2D eigenvalue weighted by Gasteiger charge is 2.28. The number of carbonyl (C=O) groups is 1. The second-order valence-electron chi connectivity index (χ2n) is 9.83. The van der Waals surface area contributed by atoms with Gasteiger partial charge in [-0.25, -0.2) is 8.42 Å². The lowest BCUT2D eigenvalue weighted by Gasteiger charge is -2.33. The van der Waals surface area contributed by atoms with Crippen LogP contribution in [-0.4, -0.2) is 55.8 Å². The molecule has 0 aliphatic carbocycles. The molecule has 3 aromatic carbocycles. The molecule has 1 saturated heterocycles. The number of piperidine rings is 1. The Hall–Kier alpha value is -3.60. The number of hydrogen-bond acceptors (Lipinski definition) is 4. The minimum absolute atomic E-state index is 0. The summed E-state index contributed by atoms with van der Waals surface area (Å²) in [7, 11) is -3.99. The van der Waals surface area contributed by atoms with Crippen LogP contribution in [0.3, 0.4) is 0 Å². The molecule has 2 atom stereocenters. The molecule has 6 N–H and O–H groups in total. The van der Waals surface area contributed by atoms with Crippen LogP contribution in [0.1, 0.15) is 18.4 Å². The monoisotopic (exact) mass is 568 g/mol. The van der Waals surface area contributed by atoms with Gasteiger partial charge in [-0.15, -0.1) is 12.4 Å². The molecule has 1 aliphatic heterocycles. The number of likely N-dealkylation sites (tertiary alicyclic amines) is 1. The van der Waals surface area contributed by atoms with Crippen LogP contribution in [0.5, 0.6) is 0 Å². The second-order valence-corrected chi connectivity index (χ2v) is 11.5. The highest BCUT2D eigenvalue weighted by molar-refractivity contribution is 7.89. The van der Waals surface area contributed by atoms with Crippen LogP contribution in [-0.2, 0) is 21.2 Å². The van der Waals surface area contributed by atoms with Gasteiger partial charge >= 0.3 is 0 Å². The lowest BCUT2D eigenvalue weighted by Crippen LogP contribution is -2.51. The van der Waals surface area contributed by atoms with Gasteiger partial charge in [-0.2, -0.15) is 4.72 Å². The fourth-order valence-electron chi connectivity index (χ4n) is 5.12. The molecule has 5 rings (SSSR count). The molecule has 9 nitrogen and oxygen atoms in total. The number of para-hydroxylation sites is 1. The minimum Gasteiger partial charge on any atom is -0.370 e. The van der Waals surface area contributed by atoms with E-state index in [0.717, 1.165) is 46.6 Å². The Morgan fingerprint density at radius 2 is 1.85 bits per heavy atom. The Bertz CT molecular complexity index is 1590. The summed E-state index contributed by atoms with van der Waals surface area (Å²) in [6, 6.07) is 19.2. The third kappa shape index (κ3) is 6.52. The molecule has 39 heavy (non-hydrogen) atoms. The molecule has 0 unspecified atom stereocenters. The maximum absolute atomic E-state index is 13.5. The van der Waals surface area contributed by atoms with E-state index < -0.39 is 16.1 Å². The number of aromatic nitrogens is 1. The lowest BCUT2D eigenvalue weighted by atomic mass is 9.98. The van der Waals surface area contributed by atoms with E-state index in [1.807, 2.05) is 54.7 Å². The largest absolute Gasteiger partial charge is 0.370 e. The molecule has 0 bridgehead atoms. The standard InChI is InChI=1S/C28H32N6O3S.ClH/c29-28(30)34-13-5-6-19(18-34)16-32-27(35)26(15-22-17-31-25-10-4-3-9-24(22)25)33-38(36,37)23-12-11-20-7-1-2-8-21(20)14-23;/h1-4,7-12,14,17,19,26,31,33H,5-6,13,15-16,18H2,(H3,29,30)(H,32,35);1H/t19-,26-;/m1./s1. The van der Waals surface area contributed by atoms with Crippen molar-refractivity contribution in [3.8, 4) is 0 Å². The predicted molar refractivity (Wildman–Crippen MR) is 157 cm³/mol. The van der Waals surface area contributed by atoms with Gasteiger partial charge < -0.3 is 20.9 Å². The Labute approximate surface area is 234 Å². The van der Waals surface area contributed by atoms with Crippen molar-refractivity contribution in [2.45, 2.75) is 30.2 Å². The molecule has 0 radical (unpaired) electrons. The van der Waals surface area contributed by atoms with E-state index in [2.05, 4.69) is 15.0 Å². The summed E-state index contributed by atoms with van der Waals surface area (Å²) in [5.74, 6) is -0.233. The summed E-state index contributed by atoms with van der Waals surface area (Å²) in [6.45, 7) is 1.70. The van der Waals surface area contributed by atoms with E-state index in [1.165, 1.54) is 0 Å². The number of carbonyl (C=O) groups excluding carboxylic acids is 1.